The molecular weight excluding hydrogens is 224 g/mol. The Hall–Kier alpha value is -1.14. The number of amides is 1. The molecule has 17 heavy (non-hydrogen) atoms. The van der Waals surface area contributed by atoms with Crippen LogP contribution in [0.2, 0.25) is 0 Å². The Morgan fingerprint density at radius 1 is 1.41 bits per heavy atom. The van der Waals surface area contributed by atoms with Crippen LogP contribution in [0.5, 0.6) is 0 Å². The summed E-state index contributed by atoms with van der Waals surface area (Å²) in [6.45, 7) is 5.14. The SMILES string of the molecule is CC(C)C[C@@H](N)C(=O)NCC(C)(O)CC(=O)O. The highest BCUT2D eigenvalue weighted by Crippen LogP contribution is 2.08. The molecule has 6 nitrogen and oxygen atoms in total. The lowest BCUT2D eigenvalue weighted by atomic mass is 10.0. The zero-order valence-corrected chi connectivity index (χ0v) is 10.6. The first kappa shape index (κ1) is 15.9. The van der Waals surface area contributed by atoms with Crippen molar-refractivity contribution < 1.29 is 19.8 Å². The number of carbonyl (C=O) groups excluding carboxylic acids is 1. The van der Waals surface area contributed by atoms with Crippen molar-refractivity contribution in [2.75, 3.05) is 6.54 Å². The van der Waals surface area contributed by atoms with Crippen LogP contribution in [0.4, 0.5) is 0 Å². The van der Waals surface area contributed by atoms with Crippen LogP contribution in [0.15, 0.2) is 0 Å². The quantitative estimate of drug-likeness (QED) is 0.492. The summed E-state index contributed by atoms with van der Waals surface area (Å²) < 4.78 is 0. The van der Waals surface area contributed by atoms with Gasteiger partial charge in [0.25, 0.3) is 0 Å². The van der Waals surface area contributed by atoms with Crippen molar-refractivity contribution >= 4 is 11.9 Å². The summed E-state index contributed by atoms with van der Waals surface area (Å²) in [7, 11) is 0. The molecule has 100 valence electrons. The first-order valence-electron chi connectivity index (χ1n) is 5.61. The van der Waals surface area contributed by atoms with Gasteiger partial charge < -0.3 is 21.3 Å². The number of aliphatic carboxylic acids is 1. The van der Waals surface area contributed by atoms with Gasteiger partial charge in [0.1, 0.15) is 0 Å². The summed E-state index contributed by atoms with van der Waals surface area (Å²) in [4.78, 5) is 22.0. The van der Waals surface area contributed by atoms with E-state index in [-0.39, 0.29) is 12.5 Å². The highest BCUT2D eigenvalue weighted by Gasteiger charge is 2.26. The van der Waals surface area contributed by atoms with Crippen molar-refractivity contribution in [2.24, 2.45) is 11.7 Å². The minimum Gasteiger partial charge on any atom is -0.481 e. The van der Waals surface area contributed by atoms with E-state index < -0.39 is 24.0 Å². The maximum atomic E-state index is 11.5. The van der Waals surface area contributed by atoms with Gasteiger partial charge in [-0.2, -0.15) is 0 Å². The number of hydrogen-bond donors (Lipinski definition) is 4. The number of rotatable bonds is 7. The van der Waals surface area contributed by atoms with Gasteiger partial charge in [0.05, 0.1) is 18.1 Å². The van der Waals surface area contributed by atoms with Crippen molar-refractivity contribution in [2.45, 2.75) is 45.3 Å². The molecule has 6 heteroatoms. The van der Waals surface area contributed by atoms with Crippen molar-refractivity contribution in [1.29, 1.82) is 0 Å². The summed E-state index contributed by atoms with van der Waals surface area (Å²) in [5, 5.41) is 20.7. The summed E-state index contributed by atoms with van der Waals surface area (Å²) in [5.74, 6) is -1.18. The molecule has 0 aromatic carbocycles. The molecule has 0 fully saturated rings. The summed E-state index contributed by atoms with van der Waals surface area (Å²) >= 11 is 0. The normalized spacial score (nSPS) is 16.4. The van der Waals surface area contributed by atoms with E-state index in [2.05, 4.69) is 5.32 Å². The van der Waals surface area contributed by atoms with Crippen molar-refractivity contribution in [3.63, 3.8) is 0 Å². The topological polar surface area (TPSA) is 113 Å². The molecule has 0 aromatic rings. The molecule has 0 aliphatic carbocycles. The van der Waals surface area contributed by atoms with Gasteiger partial charge in [-0.3, -0.25) is 9.59 Å². The average molecular weight is 246 g/mol. The van der Waals surface area contributed by atoms with Gasteiger partial charge in [-0.15, -0.1) is 0 Å². The van der Waals surface area contributed by atoms with Gasteiger partial charge in [0.15, 0.2) is 0 Å². The van der Waals surface area contributed by atoms with Crippen LogP contribution in [-0.4, -0.2) is 40.3 Å². The number of carboxylic acids is 1. The third-order valence-corrected chi connectivity index (χ3v) is 2.24. The molecule has 0 aliphatic rings. The smallest absolute Gasteiger partial charge is 0.306 e. The van der Waals surface area contributed by atoms with E-state index in [0.29, 0.717) is 12.3 Å². The highest BCUT2D eigenvalue weighted by atomic mass is 16.4. The standard InChI is InChI=1S/C11H22N2O4/c1-7(2)4-8(12)10(16)13-6-11(3,17)5-9(14)15/h7-8,17H,4-6,12H2,1-3H3,(H,13,16)(H,14,15)/t8-,11?/m1/s1. The Bertz CT molecular complexity index is 277. The van der Waals surface area contributed by atoms with Crippen LogP contribution >= 0.6 is 0 Å². The van der Waals surface area contributed by atoms with Crippen LogP contribution in [0.25, 0.3) is 0 Å². The Kier molecular flexibility index (Phi) is 6.12. The lowest BCUT2D eigenvalue weighted by molar-refractivity contribution is -0.142. The number of aliphatic hydroxyl groups is 1. The zero-order chi connectivity index (χ0) is 13.6. The van der Waals surface area contributed by atoms with E-state index in [1.54, 1.807) is 0 Å². The molecule has 0 radical (unpaired) electrons. The molecule has 0 bridgehead atoms. The Labute approximate surface area is 101 Å². The first-order valence-corrected chi connectivity index (χ1v) is 5.61. The molecule has 1 unspecified atom stereocenters. The molecular formula is C11H22N2O4. The predicted octanol–water partition coefficient (Wildman–Crippen LogP) is -0.298. The number of carboxylic acid groups (broad SMARTS) is 1. The van der Waals surface area contributed by atoms with E-state index >= 15 is 0 Å². The third-order valence-electron chi connectivity index (χ3n) is 2.24. The number of nitrogens with two attached hydrogens (primary N) is 1. The molecule has 5 N–H and O–H groups in total. The molecule has 0 spiro atoms. The number of nitrogens with one attached hydrogen (secondary N) is 1. The van der Waals surface area contributed by atoms with Crippen LogP contribution in [0.1, 0.15) is 33.6 Å². The summed E-state index contributed by atoms with van der Waals surface area (Å²) in [6.07, 6.45) is 0.125. The van der Waals surface area contributed by atoms with E-state index in [1.807, 2.05) is 13.8 Å². The minimum atomic E-state index is -1.46. The van der Waals surface area contributed by atoms with Gasteiger partial charge in [-0.05, 0) is 19.3 Å². The number of hydrogen-bond acceptors (Lipinski definition) is 4. The molecule has 0 saturated heterocycles. The maximum Gasteiger partial charge on any atom is 0.306 e. The minimum absolute atomic E-state index is 0.121. The van der Waals surface area contributed by atoms with Crippen LogP contribution in [0.3, 0.4) is 0 Å². The fourth-order valence-electron chi connectivity index (χ4n) is 1.41. The first-order chi connectivity index (χ1) is 7.64. The second kappa shape index (κ2) is 6.56. The van der Waals surface area contributed by atoms with Gasteiger partial charge in [0.2, 0.25) is 5.91 Å². The highest BCUT2D eigenvalue weighted by molar-refractivity contribution is 5.81. The van der Waals surface area contributed by atoms with Crippen molar-refractivity contribution in [3.05, 3.63) is 0 Å². The fraction of sp³-hybridized carbons (Fsp3) is 0.818. The molecule has 0 heterocycles. The van der Waals surface area contributed by atoms with Gasteiger partial charge in [-0.1, -0.05) is 13.8 Å². The van der Waals surface area contributed by atoms with Gasteiger partial charge in [0, 0.05) is 6.54 Å². The predicted molar refractivity (Wildman–Crippen MR) is 63.3 cm³/mol. The molecule has 1 amide bonds. The van der Waals surface area contributed by atoms with Crippen LogP contribution in [-0.2, 0) is 9.59 Å². The van der Waals surface area contributed by atoms with E-state index in [9.17, 15) is 14.7 Å². The summed E-state index contributed by atoms with van der Waals surface area (Å²) in [5.41, 5.74) is 4.18. The Morgan fingerprint density at radius 3 is 2.35 bits per heavy atom. The van der Waals surface area contributed by atoms with E-state index in [0.717, 1.165) is 0 Å². The monoisotopic (exact) mass is 246 g/mol. The second-order valence-electron chi connectivity index (χ2n) is 5.02. The van der Waals surface area contributed by atoms with E-state index in [4.69, 9.17) is 10.8 Å². The molecule has 2 atom stereocenters. The molecule has 0 aromatic heterocycles. The van der Waals surface area contributed by atoms with Crippen molar-refractivity contribution in [3.8, 4) is 0 Å². The second-order valence-corrected chi connectivity index (χ2v) is 5.02. The third kappa shape index (κ3) is 7.70. The molecule has 0 aliphatic heterocycles. The van der Waals surface area contributed by atoms with Crippen LogP contribution in [0, 0.1) is 5.92 Å². The van der Waals surface area contributed by atoms with Gasteiger partial charge >= 0.3 is 5.97 Å². The van der Waals surface area contributed by atoms with E-state index in [1.165, 1.54) is 6.92 Å². The number of carbonyl (C=O) groups is 2. The van der Waals surface area contributed by atoms with Gasteiger partial charge in [-0.25, -0.2) is 0 Å². The fourth-order valence-corrected chi connectivity index (χ4v) is 1.41. The lowest BCUT2D eigenvalue weighted by Crippen LogP contribution is -2.48. The zero-order valence-electron chi connectivity index (χ0n) is 10.6. The molecule has 0 rings (SSSR count). The van der Waals surface area contributed by atoms with Crippen LogP contribution < -0.4 is 11.1 Å². The Morgan fingerprint density at radius 2 is 1.94 bits per heavy atom. The average Bonchev–Trinajstić information content (AvgIpc) is 2.11. The summed E-state index contributed by atoms with van der Waals surface area (Å²) in [6, 6.07) is -0.629. The largest absolute Gasteiger partial charge is 0.481 e. The van der Waals surface area contributed by atoms with Crippen molar-refractivity contribution in [1.82, 2.24) is 5.32 Å². The molecule has 0 saturated carbocycles. The lowest BCUT2D eigenvalue weighted by Gasteiger charge is -2.23. The Balaban J connectivity index is 4.10. The maximum absolute atomic E-state index is 11.5.